The Balaban J connectivity index is 2.84. The summed E-state index contributed by atoms with van der Waals surface area (Å²) in [5.74, 6) is -0.923. The van der Waals surface area contributed by atoms with Gasteiger partial charge in [0.25, 0.3) is 0 Å². The van der Waals surface area contributed by atoms with Crippen molar-refractivity contribution >= 4 is 12.1 Å². The monoisotopic (exact) mass is 208 g/mol. The van der Waals surface area contributed by atoms with E-state index in [9.17, 15) is 22.8 Å². The number of alkyl halides is 3. The summed E-state index contributed by atoms with van der Waals surface area (Å²) in [4.78, 5) is 20.8. The number of Topliss-reactive ketones (excluding diaryl/α,β-unsaturated/α-hetero) is 1. The van der Waals surface area contributed by atoms with Crippen molar-refractivity contribution in [3.63, 3.8) is 0 Å². The fraction of sp³-hybridized carbons (Fsp3) is 0.429. The Morgan fingerprint density at radius 1 is 1.57 bits per heavy atom. The van der Waals surface area contributed by atoms with Gasteiger partial charge in [-0.3, -0.25) is 14.9 Å². The SMILES string of the molecule is O=CC(=O)C1C=C(C(F)(F)F)NCN1. The van der Waals surface area contributed by atoms with Crippen LogP contribution in [0.15, 0.2) is 11.8 Å². The van der Waals surface area contributed by atoms with Gasteiger partial charge in [-0.2, -0.15) is 13.2 Å². The summed E-state index contributed by atoms with van der Waals surface area (Å²) in [5, 5.41) is 4.43. The van der Waals surface area contributed by atoms with Crippen LogP contribution in [0.3, 0.4) is 0 Å². The third-order valence-corrected chi connectivity index (χ3v) is 1.66. The number of allylic oxidation sites excluding steroid dienone is 1. The first kappa shape index (κ1) is 10.7. The molecule has 0 aromatic carbocycles. The summed E-state index contributed by atoms with van der Waals surface area (Å²) in [6.45, 7) is -0.199. The van der Waals surface area contributed by atoms with E-state index >= 15 is 0 Å². The van der Waals surface area contributed by atoms with Gasteiger partial charge >= 0.3 is 6.18 Å². The molecule has 1 atom stereocenters. The number of carbonyl (C=O) groups is 2. The number of halogens is 3. The second-order valence-corrected chi connectivity index (χ2v) is 2.63. The van der Waals surface area contributed by atoms with Crippen LogP contribution >= 0.6 is 0 Å². The lowest BCUT2D eigenvalue weighted by Crippen LogP contribution is -2.48. The molecule has 0 radical (unpaired) electrons. The zero-order chi connectivity index (χ0) is 10.8. The highest BCUT2D eigenvalue weighted by atomic mass is 19.4. The molecule has 1 unspecified atom stereocenters. The van der Waals surface area contributed by atoms with Crippen molar-refractivity contribution in [3.05, 3.63) is 11.8 Å². The first-order valence-corrected chi connectivity index (χ1v) is 3.70. The number of ketones is 1. The van der Waals surface area contributed by atoms with E-state index in [2.05, 4.69) is 5.32 Å². The number of hydrogen-bond acceptors (Lipinski definition) is 4. The highest BCUT2D eigenvalue weighted by Crippen LogP contribution is 2.24. The largest absolute Gasteiger partial charge is 0.430 e. The quantitative estimate of drug-likeness (QED) is 0.484. The van der Waals surface area contributed by atoms with Crippen LogP contribution in [0, 0.1) is 0 Å². The number of carbonyl (C=O) groups excluding carboxylic acids is 2. The predicted molar refractivity (Wildman–Crippen MR) is 40.1 cm³/mol. The van der Waals surface area contributed by atoms with Crippen LogP contribution in [0.2, 0.25) is 0 Å². The molecule has 0 saturated heterocycles. The lowest BCUT2D eigenvalue weighted by Gasteiger charge is -2.23. The van der Waals surface area contributed by atoms with E-state index in [0.717, 1.165) is 0 Å². The molecule has 0 spiro atoms. The van der Waals surface area contributed by atoms with Crippen LogP contribution in [0.5, 0.6) is 0 Å². The van der Waals surface area contributed by atoms with Crippen LogP contribution in [0.25, 0.3) is 0 Å². The minimum atomic E-state index is -4.52. The van der Waals surface area contributed by atoms with Gasteiger partial charge in [-0.05, 0) is 6.08 Å². The zero-order valence-corrected chi connectivity index (χ0v) is 6.89. The molecule has 1 rings (SSSR count). The van der Waals surface area contributed by atoms with Crippen molar-refractivity contribution < 1.29 is 22.8 Å². The number of rotatable bonds is 2. The predicted octanol–water partition coefficient (Wildman–Crippen LogP) is -0.281. The minimum absolute atomic E-state index is 0.00647. The average Bonchev–Trinajstić information content (AvgIpc) is 2.15. The van der Waals surface area contributed by atoms with Gasteiger partial charge in [-0.25, -0.2) is 0 Å². The Bertz CT molecular complexity index is 285. The van der Waals surface area contributed by atoms with Crippen LogP contribution < -0.4 is 10.6 Å². The molecule has 0 aromatic heterocycles. The van der Waals surface area contributed by atoms with Gasteiger partial charge in [0, 0.05) is 0 Å². The van der Waals surface area contributed by atoms with Crippen LogP contribution in [-0.2, 0) is 9.59 Å². The van der Waals surface area contributed by atoms with Gasteiger partial charge in [0.2, 0.25) is 5.78 Å². The Morgan fingerprint density at radius 2 is 2.21 bits per heavy atom. The van der Waals surface area contributed by atoms with E-state index < -0.39 is 23.7 Å². The molecule has 0 saturated carbocycles. The normalized spacial score (nSPS) is 22.2. The van der Waals surface area contributed by atoms with Gasteiger partial charge in [0.1, 0.15) is 5.70 Å². The molecule has 7 heteroatoms. The smallest absolute Gasteiger partial charge is 0.369 e. The minimum Gasteiger partial charge on any atom is -0.369 e. The second kappa shape index (κ2) is 3.79. The van der Waals surface area contributed by atoms with Gasteiger partial charge in [-0.15, -0.1) is 0 Å². The summed E-state index contributed by atoms with van der Waals surface area (Å²) >= 11 is 0. The van der Waals surface area contributed by atoms with Gasteiger partial charge in [0.15, 0.2) is 6.29 Å². The number of hydrogen-bond donors (Lipinski definition) is 2. The molecular formula is C7H7F3N2O2. The fourth-order valence-corrected chi connectivity index (χ4v) is 0.991. The second-order valence-electron chi connectivity index (χ2n) is 2.63. The fourth-order valence-electron chi connectivity index (χ4n) is 0.991. The summed E-state index contributed by atoms with van der Waals surface area (Å²) in [5.41, 5.74) is -1.00. The highest BCUT2D eigenvalue weighted by molar-refractivity contribution is 6.28. The molecule has 78 valence electrons. The zero-order valence-electron chi connectivity index (χ0n) is 6.89. The lowest BCUT2D eigenvalue weighted by molar-refractivity contribution is -0.130. The summed E-state index contributed by atoms with van der Waals surface area (Å²) in [6.07, 6.45) is -3.88. The molecule has 14 heavy (non-hydrogen) atoms. The van der Waals surface area contributed by atoms with Gasteiger partial charge in [-0.1, -0.05) is 0 Å². The standard InChI is InChI=1S/C7H7F3N2O2/c8-7(9,10)6-1-4(5(14)2-13)11-3-12-6/h1-2,4,11-12H,3H2. The maximum Gasteiger partial charge on any atom is 0.430 e. The molecule has 2 N–H and O–H groups in total. The molecule has 4 nitrogen and oxygen atoms in total. The Labute approximate surface area is 77.2 Å². The first-order valence-electron chi connectivity index (χ1n) is 3.70. The van der Waals surface area contributed by atoms with E-state index in [1.54, 1.807) is 0 Å². The van der Waals surface area contributed by atoms with Crippen LogP contribution in [-0.4, -0.2) is 31.0 Å². The maximum absolute atomic E-state index is 12.1. The Hall–Kier alpha value is -1.37. The van der Waals surface area contributed by atoms with E-state index in [0.29, 0.717) is 6.08 Å². The Morgan fingerprint density at radius 3 is 2.71 bits per heavy atom. The van der Waals surface area contributed by atoms with Crippen molar-refractivity contribution in [2.75, 3.05) is 6.67 Å². The maximum atomic E-state index is 12.1. The van der Waals surface area contributed by atoms with Crippen molar-refractivity contribution in [2.45, 2.75) is 12.2 Å². The van der Waals surface area contributed by atoms with E-state index in [1.807, 2.05) is 5.32 Å². The van der Waals surface area contributed by atoms with Crippen molar-refractivity contribution in [2.24, 2.45) is 0 Å². The molecule has 1 aliphatic heterocycles. The third kappa shape index (κ3) is 2.32. The third-order valence-electron chi connectivity index (χ3n) is 1.66. The molecule has 0 fully saturated rings. The summed E-state index contributed by atoms with van der Waals surface area (Å²) in [7, 11) is 0. The lowest BCUT2D eigenvalue weighted by atomic mass is 10.1. The van der Waals surface area contributed by atoms with E-state index in [1.165, 1.54) is 0 Å². The van der Waals surface area contributed by atoms with Crippen LogP contribution in [0.1, 0.15) is 0 Å². The topological polar surface area (TPSA) is 58.2 Å². The number of nitrogens with one attached hydrogen (secondary N) is 2. The molecule has 1 heterocycles. The average molecular weight is 208 g/mol. The number of aldehydes is 1. The first-order chi connectivity index (χ1) is 6.45. The van der Waals surface area contributed by atoms with E-state index in [4.69, 9.17) is 0 Å². The van der Waals surface area contributed by atoms with Crippen LogP contribution in [0.4, 0.5) is 13.2 Å². The highest BCUT2D eigenvalue weighted by Gasteiger charge is 2.36. The van der Waals surface area contributed by atoms with Crippen molar-refractivity contribution in [3.8, 4) is 0 Å². The van der Waals surface area contributed by atoms with E-state index in [-0.39, 0.29) is 13.0 Å². The molecule has 0 bridgehead atoms. The molecular weight excluding hydrogens is 201 g/mol. The summed E-state index contributed by atoms with van der Waals surface area (Å²) in [6, 6.07) is -1.19. The summed E-state index contributed by atoms with van der Waals surface area (Å²) < 4.78 is 36.4. The molecule has 1 aliphatic rings. The van der Waals surface area contributed by atoms with Gasteiger partial charge in [0.05, 0.1) is 12.7 Å². The Kier molecular flexibility index (Phi) is 2.90. The van der Waals surface area contributed by atoms with Gasteiger partial charge < -0.3 is 5.32 Å². The van der Waals surface area contributed by atoms with Crippen molar-refractivity contribution in [1.29, 1.82) is 0 Å². The molecule has 0 aromatic rings. The molecule has 0 aliphatic carbocycles. The molecule has 0 amide bonds. The van der Waals surface area contributed by atoms with Crippen molar-refractivity contribution in [1.82, 2.24) is 10.6 Å².